The van der Waals surface area contributed by atoms with Gasteiger partial charge in [0.2, 0.25) is 5.91 Å². The molecule has 1 heterocycles. The van der Waals surface area contributed by atoms with Gasteiger partial charge in [-0.25, -0.2) is 0 Å². The monoisotopic (exact) mass is 471 g/mol. The maximum absolute atomic E-state index is 12.9. The molecule has 1 saturated heterocycles. The van der Waals surface area contributed by atoms with Crippen LogP contribution in [-0.4, -0.2) is 65.5 Å². The molecule has 0 N–H and O–H groups in total. The highest BCUT2D eigenvalue weighted by Gasteiger charge is 2.31. The van der Waals surface area contributed by atoms with Gasteiger partial charge in [0.05, 0.1) is 4.92 Å². The van der Waals surface area contributed by atoms with Crippen molar-refractivity contribution >= 4 is 17.5 Å². The van der Waals surface area contributed by atoms with Gasteiger partial charge in [0.25, 0.3) is 11.6 Å². The van der Waals surface area contributed by atoms with Crippen LogP contribution in [0.4, 0.5) is 18.9 Å². The molecule has 0 radical (unpaired) electrons. The fourth-order valence-electron chi connectivity index (χ4n) is 4.39. The lowest BCUT2D eigenvalue weighted by atomic mass is 9.86. The Morgan fingerprint density at radius 1 is 1.06 bits per heavy atom. The number of rotatable bonds is 7. The van der Waals surface area contributed by atoms with E-state index in [0.29, 0.717) is 25.4 Å². The maximum atomic E-state index is 12.9. The zero-order valence-corrected chi connectivity index (χ0v) is 18.3. The van der Waals surface area contributed by atoms with Gasteiger partial charge in [0, 0.05) is 38.7 Å². The number of carbonyl (C=O) groups excluding carboxylic acids is 2. The molecule has 1 aliphatic heterocycles. The minimum absolute atomic E-state index is 0.0428. The summed E-state index contributed by atoms with van der Waals surface area (Å²) in [5.74, 6) is -0.314. The number of nitrogens with zero attached hydrogens (tertiary/aromatic N) is 3. The highest BCUT2D eigenvalue weighted by molar-refractivity contribution is 5.98. The number of amides is 2. The van der Waals surface area contributed by atoms with Crippen molar-refractivity contribution in [2.45, 2.75) is 51.1 Å². The predicted octanol–water partition coefficient (Wildman–Crippen LogP) is 4.18. The third-order valence-corrected chi connectivity index (χ3v) is 6.21. The van der Waals surface area contributed by atoms with Gasteiger partial charge in [-0.3, -0.25) is 19.7 Å². The zero-order valence-electron chi connectivity index (χ0n) is 18.3. The molecule has 1 aromatic rings. The second-order valence-corrected chi connectivity index (χ2v) is 8.56. The Hall–Kier alpha value is -2.85. The molecular formula is C22H28F3N3O5. The molecule has 0 atom stereocenters. The molecule has 2 fully saturated rings. The quantitative estimate of drug-likeness (QED) is 0.439. The minimum Gasteiger partial charge on any atom is -0.484 e. The van der Waals surface area contributed by atoms with E-state index in [4.69, 9.17) is 0 Å². The first-order valence-electron chi connectivity index (χ1n) is 11.2. The van der Waals surface area contributed by atoms with Gasteiger partial charge < -0.3 is 14.5 Å². The normalized spacial score (nSPS) is 17.7. The Labute approximate surface area is 189 Å². The van der Waals surface area contributed by atoms with E-state index in [1.54, 1.807) is 4.90 Å². The summed E-state index contributed by atoms with van der Waals surface area (Å²) in [6, 6.07) is 2.96. The van der Waals surface area contributed by atoms with E-state index in [-0.39, 0.29) is 30.3 Å². The van der Waals surface area contributed by atoms with Gasteiger partial charge in [-0.05, 0) is 24.5 Å². The van der Waals surface area contributed by atoms with E-state index in [1.807, 2.05) is 0 Å². The predicted molar refractivity (Wildman–Crippen MR) is 113 cm³/mol. The first kappa shape index (κ1) is 24.8. The Kier molecular flexibility index (Phi) is 8.15. The lowest BCUT2D eigenvalue weighted by Crippen LogP contribution is -2.50. The molecule has 33 heavy (non-hydrogen) atoms. The molecular weight excluding hydrogens is 443 g/mol. The van der Waals surface area contributed by atoms with Crippen LogP contribution >= 0.6 is 0 Å². The summed E-state index contributed by atoms with van der Waals surface area (Å²) in [6.07, 6.45) is 2.79. The van der Waals surface area contributed by atoms with Crippen molar-refractivity contribution in [1.82, 2.24) is 9.80 Å². The van der Waals surface area contributed by atoms with E-state index >= 15 is 0 Å². The number of halogens is 3. The number of carbonyl (C=O) groups is 2. The van der Waals surface area contributed by atoms with Crippen molar-refractivity contribution in [3.8, 4) is 5.75 Å². The number of benzene rings is 1. The summed E-state index contributed by atoms with van der Waals surface area (Å²) >= 11 is 0. The fraction of sp³-hybridized carbons (Fsp3) is 0.636. The second kappa shape index (κ2) is 10.8. The largest absolute Gasteiger partial charge is 0.484 e. The van der Waals surface area contributed by atoms with Gasteiger partial charge in [-0.2, -0.15) is 13.2 Å². The van der Waals surface area contributed by atoms with E-state index in [1.165, 1.54) is 37.0 Å². The molecule has 2 aliphatic rings. The third-order valence-electron chi connectivity index (χ3n) is 6.21. The number of hydrogen-bond donors (Lipinski definition) is 0. The molecule has 0 unspecified atom stereocenters. The van der Waals surface area contributed by atoms with Crippen LogP contribution in [0.5, 0.6) is 5.75 Å². The average Bonchev–Trinajstić information content (AvgIpc) is 2.80. The lowest BCUT2D eigenvalue weighted by Gasteiger charge is -2.35. The van der Waals surface area contributed by atoms with Crippen LogP contribution in [0.15, 0.2) is 18.2 Å². The van der Waals surface area contributed by atoms with Gasteiger partial charge in [-0.1, -0.05) is 32.1 Å². The van der Waals surface area contributed by atoms with Gasteiger partial charge in [0.15, 0.2) is 6.61 Å². The number of piperazine rings is 1. The number of nitro groups is 1. The van der Waals surface area contributed by atoms with Crippen LogP contribution in [0.25, 0.3) is 0 Å². The first-order valence-corrected chi connectivity index (χ1v) is 11.2. The molecule has 0 aromatic heterocycles. The SMILES string of the molecule is O=C(CCC1CCCCC1)N1CCN(C(=O)c2cc(OCC(F)(F)F)ccc2[N+](=O)[O-])CC1. The summed E-state index contributed by atoms with van der Waals surface area (Å²) in [5.41, 5.74) is -0.845. The van der Waals surface area contributed by atoms with Crippen LogP contribution in [0.3, 0.4) is 0 Å². The van der Waals surface area contributed by atoms with Crippen molar-refractivity contribution in [3.63, 3.8) is 0 Å². The van der Waals surface area contributed by atoms with Crippen LogP contribution in [-0.2, 0) is 4.79 Å². The summed E-state index contributed by atoms with van der Waals surface area (Å²) < 4.78 is 41.9. The van der Waals surface area contributed by atoms with E-state index in [0.717, 1.165) is 24.6 Å². The number of hydrogen-bond acceptors (Lipinski definition) is 5. The Morgan fingerprint density at radius 3 is 2.30 bits per heavy atom. The molecule has 1 saturated carbocycles. The summed E-state index contributed by atoms with van der Waals surface area (Å²) in [4.78, 5) is 39.1. The van der Waals surface area contributed by atoms with Crippen molar-refractivity contribution in [2.75, 3.05) is 32.8 Å². The summed E-state index contributed by atoms with van der Waals surface area (Å²) in [6.45, 7) is -0.557. The second-order valence-electron chi connectivity index (χ2n) is 8.56. The van der Waals surface area contributed by atoms with Gasteiger partial charge in [-0.15, -0.1) is 0 Å². The molecule has 3 rings (SSSR count). The average molecular weight is 471 g/mol. The van der Waals surface area contributed by atoms with Gasteiger partial charge in [0.1, 0.15) is 11.3 Å². The van der Waals surface area contributed by atoms with Crippen LogP contribution < -0.4 is 4.74 Å². The van der Waals surface area contributed by atoms with Crippen molar-refractivity contribution in [3.05, 3.63) is 33.9 Å². The maximum Gasteiger partial charge on any atom is 0.422 e. The Balaban J connectivity index is 1.58. The molecule has 0 bridgehead atoms. The standard InChI is InChI=1S/C22H28F3N3O5/c23-22(24,25)15-33-17-7-8-19(28(31)32)18(14-17)21(30)27-12-10-26(11-13-27)20(29)9-6-16-4-2-1-3-5-16/h7-8,14,16H,1-6,9-13,15H2. The van der Waals surface area contributed by atoms with Crippen molar-refractivity contribution in [1.29, 1.82) is 0 Å². The fourth-order valence-corrected chi connectivity index (χ4v) is 4.39. The van der Waals surface area contributed by atoms with E-state index in [9.17, 15) is 32.9 Å². The number of nitro benzene ring substituents is 1. The van der Waals surface area contributed by atoms with Gasteiger partial charge >= 0.3 is 6.18 Å². The van der Waals surface area contributed by atoms with Crippen LogP contribution in [0, 0.1) is 16.0 Å². The van der Waals surface area contributed by atoms with E-state index < -0.39 is 29.3 Å². The highest BCUT2D eigenvalue weighted by atomic mass is 19.4. The van der Waals surface area contributed by atoms with Crippen molar-refractivity contribution in [2.24, 2.45) is 5.92 Å². The molecule has 1 aliphatic carbocycles. The molecule has 8 nitrogen and oxygen atoms in total. The number of ether oxygens (including phenoxy) is 1. The number of alkyl halides is 3. The molecule has 1 aromatic carbocycles. The topological polar surface area (TPSA) is 93.0 Å². The minimum atomic E-state index is -4.58. The Morgan fingerprint density at radius 2 is 1.70 bits per heavy atom. The molecule has 182 valence electrons. The smallest absolute Gasteiger partial charge is 0.422 e. The summed E-state index contributed by atoms with van der Waals surface area (Å²) in [7, 11) is 0. The third kappa shape index (κ3) is 7.06. The zero-order chi connectivity index (χ0) is 24.0. The van der Waals surface area contributed by atoms with E-state index in [2.05, 4.69) is 4.74 Å². The van der Waals surface area contributed by atoms with Crippen molar-refractivity contribution < 1.29 is 32.4 Å². The molecule has 0 spiro atoms. The van der Waals surface area contributed by atoms with Crippen LogP contribution in [0.2, 0.25) is 0 Å². The molecule has 2 amide bonds. The lowest BCUT2D eigenvalue weighted by molar-refractivity contribution is -0.385. The molecule has 11 heteroatoms. The highest BCUT2D eigenvalue weighted by Crippen LogP contribution is 2.29. The summed E-state index contributed by atoms with van der Waals surface area (Å²) in [5, 5.41) is 11.3. The van der Waals surface area contributed by atoms with Crippen LogP contribution in [0.1, 0.15) is 55.3 Å². The first-order chi connectivity index (χ1) is 15.6. The Bertz CT molecular complexity index is 863.